The maximum Gasteiger partial charge on any atom is 0.220 e. The Morgan fingerprint density at radius 1 is 1.42 bits per heavy atom. The van der Waals surface area contributed by atoms with Gasteiger partial charge in [0.2, 0.25) is 5.91 Å². The normalized spacial score (nSPS) is 17.8. The van der Waals surface area contributed by atoms with Gasteiger partial charge in [0.05, 0.1) is 0 Å². The van der Waals surface area contributed by atoms with E-state index in [-0.39, 0.29) is 18.3 Å². The molecule has 1 fully saturated rings. The number of hydrogen-bond acceptors (Lipinski definition) is 2. The van der Waals surface area contributed by atoms with Crippen molar-refractivity contribution in [1.29, 1.82) is 0 Å². The molecule has 0 aromatic heterocycles. The van der Waals surface area contributed by atoms with Crippen molar-refractivity contribution in [3.8, 4) is 0 Å². The zero-order valence-corrected chi connectivity index (χ0v) is 12.3. The lowest BCUT2D eigenvalue weighted by Gasteiger charge is -2.11. The third kappa shape index (κ3) is 5.21. The van der Waals surface area contributed by atoms with E-state index in [1.165, 1.54) is 24.0 Å². The quantitative estimate of drug-likeness (QED) is 0.871. The molecule has 0 bridgehead atoms. The van der Waals surface area contributed by atoms with Gasteiger partial charge in [0.25, 0.3) is 0 Å². The number of benzene rings is 1. The lowest BCUT2D eigenvalue weighted by atomic mass is 10.1. The van der Waals surface area contributed by atoms with Crippen molar-refractivity contribution >= 4 is 18.3 Å². The molecule has 1 aliphatic heterocycles. The van der Waals surface area contributed by atoms with Crippen LogP contribution in [0, 0.1) is 6.92 Å². The van der Waals surface area contributed by atoms with Crippen molar-refractivity contribution in [1.82, 2.24) is 10.6 Å². The van der Waals surface area contributed by atoms with Gasteiger partial charge in [-0.3, -0.25) is 4.79 Å². The Morgan fingerprint density at radius 3 is 2.89 bits per heavy atom. The van der Waals surface area contributed by atoms with Crippen LogP contribution in [0.2, 0.25) is 0 Å². The minimum absolute atomic E-state index is 0. The van der Waals surface area contributed by atoms with Crippen LogP contribution in [0.1, 0.15) is 36.8 Å². The van der Waals surface area contributed by atoms with Crippen LogP contribution in [-0.4, -0.2) is 18.5 Å². The van der Waals surface area contributed by atoms with E-state index < -0.39 is 0 Å². The van der Waals surface area contributed by atoms with Crippen molar-refractivity contribution in [2.24, 2.45) is 0 Å². The summed E-state index contributed by atoms with van der Waals surface area (Å²) in [5.41, 5.74) is 2.43. The maximum absolute atomic E-state index is 11.7. The van der Waals surface area contributed by atoms with Gasteiger partial charge in [-0.15, -0.1) is 12.4 Å². The number of nitrogens with one attached hydrogen (secondary N) is 2. The molecule has 106 valence electrons. The average Bonchev–Trinajstić information content (AvgIpc) is 2.88. The molecule has 1 aliphatic rings. The van der Waals surface area contributed by atoms with Crippen molar-refractivity contribution in [2.75, 3.05) is 6.54 Å². The number of carbonyl (C=O) groups is 1. The molecule has 1 amide bonds. The summed E-state index contributed by atoms with van der Waals surface area (Å²) >= 11 is 0. The van der Waals surface area contributed by atoms with Gasteiger partial charge in [0.1, 0.15) is 0 Å². The Morgan fingerprint density at radius 2 is 2.21 bits per heavy atom. The predicted molar refractivity (Wildman–Crippen MR) is 80.5 cm³/mol. The van der Waals surface area contributed by atoms with Crippen LogP contribution in [0.15, 0.2) is 24.3 Å². The fraction of sp³-hybridized carbons (Fsp3) is 0.533. The van der Waals surface area contributed by atoms with Crippen LogP contribution < -0.4 is 10.6 Å². The van der Waals surface area contributed by atoms with Gasteiger partial charge in [0.15, 0.2) is 0 Å². The Balaban J connectivity index is 0.00000180. The summed E-state index contributed by atoms with van der Waals surface area (Å²) in [5, 5.41) is 6.41. The molecule has 19 heavy (non-hydrogen) atoms. The number of aryl methyl sites for hydroxylation is 1. The molecule has 0 saturated carbocycles. The van der Waals surface area contributed by atoms with E-state index in [9.17, 15) is 4.79 Å². The number of carbonyl (C=O) groups excluding carboxylic acids is 1. The van der Waals surface area contributed by atoms with E-state index in [0.29, 0.717) is 19.0 Å². The Hall–Kier alpha value is -1.06. The average molecular weight is 283 g/mol. The van der Waals surface area contributed by atoms with Gasteiger partial charge in [0, 0.05) is 19.0 Å². The highest BCUT2D eigenvalue weighted by Crippen LogP contribution is 2.11. The Labute approximate surface area is 121 Å². The second kappa shape index (κ2) is 8.18. The fourth-order valence-corrected chi connectivity index (χ4v) is 2.40. The van der Waals surface area contributed by atoms with Gasteiger partial charge in [-0.2, -0.15) is 0 Å². The molecule has 1 heterocycles. The monoisotopic (exact) mass is 282 g/mol. The van der Waals surface area contributed by atoms with Crippen LogP contribution in [0.5, 0.6) is 0 Å². The lowest BCUT2D eigenvalue weighted by Crippen LogP contribution is -2.27. The highest BCUT2D eigenvalue weighted by Gasteiger charge is 2.15. The smallest absolute Gasteiger partial charge is 0.220 e. The standard InChI is InChI=1S/C15H22N2O.ClH/c1-12-5-2-3-6-13(12)11-17-15(18)9-8-14-7-4-10-16-14;/h2-3,5-6,14,16H,4,7-11H2,1H3,(H,17,18);1H. The topological polar surface area (TPSA) is 41.1 Å². The summed E-state index contributed by atoms with van der Waals surface area (Å²) in [4.78, 5) is 11.7. The van der Waals surface area contributed by atoms with Crippen molar-refractivity contribution in [3.63, 3.8) is 0 Å². The molecule has 2 N–H and O–H groups in total. The highest BCUT2D eigenvalue weighted by molar-refractivity contribution is 5.85. The first kappa shape index (κ1) is 16.0. The number of halogens is 1. The summed E-state index contributed by atoms with van der Waals surface area (Å²) in [6.07, 6.45) is 4.05. The summed E-state index contributed by atoms with van der Waals surface area (Å²) in [6.45, 7) is 3.82. The van der Waals surface area contributed by atoms with E-state index in [2.05, 4.69) is 29.7 Å². The molecule has 2 rings (SSSR count). The number of amides is 1. The molecule has 4 heteroatoms. The first-order chi connectivity index (χ1) is 8.75. The zero-order chi connectivity index (χ0) is 12.8. The Kier molecular flexibility index (Phi) is 6.89. The van der Waals surface area contributed by atoms with E-state index in [1.807, 2.05) is 12.1 Å². The molecule has 1 saturated heterocycles. The second-order valence-corrected chi connectivity index (χ2v) is 5.04. The third-order valence-electron chi connectivity index (χ3n) is 3.62. The van der Waals surface area contributed by atoms with E-state index in [1.54, 1.807) is 0 Å². The molecule has 1 atom stereocenters. The molecule has 0 radical (unpaired) electrons. The summed E-state index contributed by atoms with van der Waals surface area (Å²) in [6, 6.07) is 8.72. The van der Waals surface area contributed by atoms with Gasteiger partial charge in [-0.25, -0.2) is 0 Å². The van der Waals surface area contributed by atoms with Gasteiger partial charge >= 0.3 is 0 Å². The summed E-state index contributed by atoms with van der Waals surface area (Å²) < 4.78 is 0. The number of hydrogen-bond donors (Lipinski definition) is 2. The van der Waals surface area contributed by atoms with Crippen molar-refractivity contribution in [3.05, 3.63) is 35.4 Å². The van der Waals surface area contributed by atoms with Gasteiger partial charge in [-0.05, 0) is 43.9 Å². The van der Waals surface area contributed by atoms with E-state index in [4.69, 9.17) is 0 Å². The molecule has 0 aliphatic carbocycles. The first-order valence-corrected chi connectivity index (χ1v) is 6.80. The van der Waals surface area contributed by atoms with Crippen molar-refractivity contribution < 1.29 is 4.79 Å². The van der Waals surface area contributed by atoms with E-state index >= 15 is 0 Å². The van der Waals surface area contributed by atoms with Gasteiger partial charge in [-0.1, -0.05) is 24.3 Å². The molecular formula is C15H23ClN2O. The van der Waals surface area contributed by atoms with Crippen LogP contribution in [0.3, 0.4) is 0 Å². The molecule has 1 unspecified atom stereocenters. The largest absolute Gasteiger partial charge is 0.352 e. The SMILES string of the molecule is Cc1ccccc1CNC(=O)CCC1CCCN1.Cl. The summed E-state index contributed by atoms with van der Waals surface area (Å²) in [7, 11) is 0. The minimum Gasteiger partial charge on any atom is -0.352 e. The maximum atomic E-state index is 11.7. The van der Waals surface area contributed by atoms with Crippen LogP contribution in [0.25, 0.3) is 0 Å². The lowest BCUT2D eigenvalue weighted by molar-refractivity contribution is -0.121. The molecule has 1 aromatic carbocycles. The zero-order valence-electron chi connectivity index (χ0n) is 11.4. The van der Waals surface area contributed by atoms with Crippen LogP contribution in [-0.2, 0) is 11.3 Å². The minimum atomic E-state index is 0. The van der Waals surface area contributed by atoms with Gasteiger partial charge < -0.3 is 10.6 Å². The molecule has 3 nitrogen and oxygen atoms in total. The molecular weight excluding hydrogens is 260 g/mol. The van der Waals surface area contributed by atoms with Crippen LogP contribution in [0.4, 0.5) is 0 Å². The highest BCUT2D eigenvalue weighted by atomic mass is 35.5. The summed E-state index contributed by atoms with van der Waals surface area (Å²) in [5.74, 6) is 0.159. The number of rotatable bonds is 5. The van der Waals surface area contributed by atoms with E-state index in [0.717, 1.165) is 13.0 Å². The first-order valence-electron chi connectivity index (χ1n) is 6.80. The molecule has 1 aromatic rings. The fourth-order valence-electron chi connectivity index (χ4n) is 2.40. The van der Waals surface area contributed by atoms with Crippen LogP contribution >= 0.6 is 12.4 Å². The molecule has 0 spiro atoms. The third-order valence-corrected chi connectivity index (χ3v) is 3.62. The predicted octanol–water partition coefficient (Wildman–Crippen LogP) is 2.57. The van der Waals surface area contributed by atoms with Crippen molar-refractivity contribution in [2.45, 2.75) is 45.2 Å². The second-order valence-electron chi connectivity index (χ2n) is 5.04. The Bertz CT molecular complexity index is 403.